The molecule has 0 saturated carbocycles. The van der Waals surface area contributed by atoms with Crippen molar-refractivity contribution in [3.63, 3.8) is 0 Å². The lowest BCUT2D eigenvalue weighted by atomic mass is 10.0. The highest BCUT2D eigenvalue weighted by atomic mass is 16.6. The third-order valence-corrected chi connectivity index (χ3v) is 14.5. The summed E-state index contributed by atoms with van der Waals surface area (Å²) in [6, 6.07) is 0. The fourth-order valence-electron chi connectivity index (χ4n) is 9.65. The third-order valence-electron chi connectivity index (χ3n) is 14.5. The van der Waals surface area contributed by atoms with Gasteiger partial charge in [-0.25, -0.2) is 0 Å². The van der Waals surface area contributed by atoms with Crippen molar-refractivity contribution in [1.29, 1.82) is 0 Å². The normalized spacial score (nSPS) is 12.1. The molecular formula is C65H122O6. The molecule has 0 spiro atoms. The van der Waals surface area contributed by atoms with Crippen molar-refractivity contribution in [1.82, 2.24) is 0 Å². The molecule has 0 radical (unpaired) electrons. The zero-order valence-electron chi connectivity index (χ0n) is 48.0. The second-order valence-corrected chi connectivity index (χ2v) is 21.7. The molecule has 0 aliphatic heterocycles. The second kappa shape index (κ2) is 60.4. The minimum atomic E-state index is -0.761. The first-order valence-corrected chi connectivity index (χ1v) is 31.8. The first kappa shape index (κ1) is 68.9. The molecule has 0 fully saturated rings. The minimum absolute atomic E-state index is 0.0650. The molecule has 0 N–H and O–H groups in total. The molecule has 0 saturated heterocycles. The summed E-state index contributed by atoms with van der Waals surface area (Å²) in [6.07, 6.45) is 72.6. The number of rotatable bonds is 59. The van der Waals surface area contributed by atoms with Gasteiger partial charge in [0.25, 0.3) is 0 Å². The van der Waals surface area contributed by atoms with Gasteiger partial charge in [0, 0.05) is 19.3 Å². The second-order valence-electron chi connectivity index (χ2n) is 21.7. The van der Waals surface area contributed by atoms with Crippen molar-refractivity contribution in [3.05, 3.63) is 24.3 Å². The van der Waals surface area contributed by atoms with E-state index in [1.807, 2.05) is 0 Å². The maximum Gasteiger partial charge on any atom is 0.306 e. The molecule has 1 atom stereocenters. The van der Waals surface area contributed by atoms with Crippen LogP contribution in [0.15, 0.2) is 24.3 Å². The Kier molecular flexibility index (Phi) is 58.6. The van der Waals surface area contributed by atoms with Gasteiger partial charge in [0.15, 0.2) is 6.10 Å². The summed E-state index contributed by atoms with van der Waals surface area (Å²) < 4.78 is 16.7. The van der Waals surface area contributed by atoms with E-state index in [1.165, 1.54) is 244 Å². The van der Waals surface area contributed by atoms with Gasteiger partial charge in [0.2, 0.25) is 0 Å². The van der Waals surface area contributed by atoms with Crippen LogP contribution in [0.1, 0.15) is 355 Å². The maximum absolute atomic E-state index is 12.7. The third kappa shape index (κ3) is 58.7. The fraction of sp³-hybridized carbons (Fsp3) is 0.892. The highest BCUT2D eigenvalue weighted by Crippen LogP contribution is 2.18. The van der Waals surface area contributed by atoms with Crippen molar-refractivity contribution in [2.45, 2.75) is 361 Å². The van der Waals surface area contributed by atoms with Crippen molar-refractivity contribution < 1.29 is 28.6 Å². The number of carbonyl (C=O) groups is 3. The predicted molar refractivity (Wildman–Crippen MR) is 307 cm³/mol. The van der Waals surface area contributed by atoms with Crippen LogP contribution in [0.5, 0.6) is 0 Å². The van der Waals surface area contributed by atoms with E-state index in [1.54, 1.807) is 0 Å². The molecule has 0 aliphatic rings. The highest BCUT2D eigenvalue weighted by molar-refractivity contribution is 5.71. The number of esters is 3. The molecule has 0 aliphatic carbocycles. The lowest BCUT2D eigenvalue weighted by Gasteiger charge is -2.18. The Morgan fingerprint density at radius 3 is 0.775 bits per heavy atom. The van der Waals surface area contributed by atoms with E-state index in [2.05, 4.69) is 45.1 Å². The number of carbonyl (C=O) groups excluding carboxylic acids is 3. The van der Waals surface area contributed by atoms with Gasteiger partial charge >= 0.3 is 17.9 Å². The number of allylic oxidation sites excluding steroid dienone is 4. The monoisotopic (exact) mass is 999 g/mol. The Bertz CT molecular complexity index is 1150. The number of hydrogen-bond donors (Lipinski definition) is 0. The van der Waals surface area contributed by atoms with Crippen LogP contribution in [0.25, 0.3) is 0 Å². The van der Waals surface area contributed by atoms with Gasteiger partial charge in [-0.15, -0.1) is 0 Å². The largest absolute Gasteiger partial charge is 0.462 e. The lowest BCUT2D eigenvalue weighted by molar-refractivity contribution is -0.167. The quantitative estimate of drug-likeness (QED) is 0.0261. The van der Waals surface area contributed by atoms with Crippen LogP contribution in [0, 0.1) is 0 Å². The molecule has 0 rings (SSSR count). The average Bonchev–Trinajstić information content (AvgIpc) is 3.37. The summed E-state index contributed by atoms with van der Waals surface area (Å²) in [5, 5.41) is 0. The Balaban J connectivity index is 3.81. The smallest absolute Gasteiger partial charge is 0.306 e. The number of hydrogen-bond acceptors (Lipinski definition) is 6. The van der Waals surface area contributed by atoms with Crippen LogP contribution >= 0.6 is 0 Å². The predicted octanol–water partition coefficient (Wildman–Crippen LogP) is 21.4. The van der Waals surface area contributed by atoms with Gasteiger partial charge in [0.1, 0.15) is 13.2 Å². The first-order valence-electron chi connectivity index (χ1n) is 31.8. The zero-order chi connectivity index (χ0) is 51.4. The summed E-state index contributed by atoms with van der Waals surface area (Å²) in [7, 11) is 0. The molecule has 6 nitrogen and oxygen atoms in total. The van der Waals surface area contributed by atoms with Gasteiger partial charge in [-0.05, 0) is 51.4 Å². The van der Waals surface area contributed by atoms with E-state index < -0.39 is 6.10 Å². The molecule has 71 heavy (non-hydrogen) atoms. The van der Waals surface area contributed by atoms with Crippen molar-refractivity contribution in [2.75, 3.05) is 13.2 Å². The van der Waals surface area contributed by atoms with Crippen LogP contribution in [0.4, 0.5) is 0 Å². The van der Waals surface area contributed by atoms with Gasteiger partial charge in [-0.1, -0.05) is 308 Å². The highest BCUT2D eigenvalue weighted by Gasteiger charge is 2.19. The van der Waals surface area contributed by atoms with Crippen LogP contribution in [0.2, 0.25) is 0 Å². The fourth-order valence-corrected chi connectivity index (χ4v) is 9.65. The van der Waals surface area contributed by atoms with Crippen molar-refractivity contribution >= 4 is 17.9 Å². The maximum atomic E-state index is 12.7. The van der Waals surface area contributed by atoms with Crippen LogP contribution < -0.4 is 0 Å². The van der Waals surface area contributed by atoms with E-state index in [0.29, 0.717) is 19.3 Å². The Labute approximate surface area is 443 Å². The van der Waals surface area contributed by atoms with E-state index in [4.69, 9.17) is 14.2 Å². The standard InChI is InChI=1S/C65H122O6/c1-4-7-10-13-15-17-19-21-22-23-24-25-26-27-28-29-30-31-32-33-34-35-36-37-38-39-40-41-42-44-45-47-49-52-55-58-64(67)70-61-62(60-69-63(66)57-54-51-12-9-6-3)71-65(68)59-56-53-50-48-46-43-20-18-16-14-11-8-5-2/h19,21,23-24,62H,4-18,20,22,25-61H2,1-3H3/b21-19-,24-23-. The van der Waals surface area contributed by atoms with E-state index in [0.717, 1.165) is 70.6 Å². The van der Waals surface area contributed by atoms with Crippen molar-refractivity contribution in [3.8, 4) is 0 Å². The van der Waals surface area contributed by atoms with E-state index >= 15 is 0 Å². The lowest BCUT2D eigenvalue weighted by Crippen LogP contribution is -2.30. The summed E-state index contributed by atoms with van der Waals surface area (Å²) in [4.78, 5) is 37.8. The first-order chi connectivity index (χ1) is 35.0. The van der Waals surface area contributed by atoms with Crippen LogP contribution in [0.3, 0.4) is 0 Å². The Morgan fingerprint density at radius 1 is 0.282 bits per heavy atom. The van der Waals surface area contributed by atoms with Gasteiger partial charge in [0.05, 0.1) is 0 Å². The molecule has 6 heteroatoms. The Morgan fingerprint density at radius 2 is 0.507 bits per heavy atom. The van der Waals surface area contributed by atoms with E-state index in [9.17, 15) is 14.4 Å². The minimum Gasteiger partial charge on any atom is -0.462 e. The van der Waals surface area contributed by atoms with Crippen LogP contribution in [-0.4, -0.2) is 37.2 Å². The Hall–Kier alpha value is -2.11. The molecule has 0 heterocycles. The molecule has 0 aromatic carbocycles. The zero-order valence-corrected chi connectivity index (χ0v) is 48.0. The van der Waals surface area contributed by atoms with Crippen molar-refractivity contribution in [2.24, 2.45) is 0 Å². The summed E-state index contributed by atoms with van der Waals surface area (Å²) in [5.41, 5.74) is 0. The van der Waals surface area contributed by atoms with Gasteiger partial charge in [-0.3, -0.25) is 14.4 Å². The SMILES string of the molecule is CCCCCCC/C=C\C/C=C\CCCCCCCCCCCCCCCCCCCCCCCCCC(=O)OCC(COC(=O)CCCCCCC)OC(=O)CCCCCCCCCCCCCCC. The van der Waals surface area contributed by atoms with Crippen LogP contribution in [-0.2, 0) is 28.6 Å². The molecule has 418 valence electrons. The summed E-state index contributed by atoms with van der Waals surface area (Å²) in [5.74, 6) is -0.858. The summed E-state index contributed by atoms with van der Waals surface area (Å²) >= 11 is 0. The average molecular weight is 1000 g/mol. The van der Waals surface area contributed by atoms with Gasteiger partial charge in [-0.2, -0.15) is 0 Å². The summed E-state index contributed by atoms with van der Waals surface area (Å²) in [6.45, 7) is 6.59. The molecular weight excluding hydrogens is 877 g/mol. The number of ether oxygens (including phenoxy) is 3. The van der Waals surface area contributed by atoms with Gasteiger partial charge < -0.3 is 14.2 Å². The molecule has 1 unspecified atom stereocenters. The topological polar surface area (TPSA) is 78.9 Å². The molecule has 0 aromatic rings. The molecule has 0 bridgehead atoms. The molecule has 0 aromatic heterocycles. The number of unbranched alkanes of at least 4 members (excludes halogenated alkanes) is 44. The van der Waals surface area contributed by atoms with E-state index in [-0.39, 0.29) is 31.1 Å². The molecule has 0 amide bonds.